The molecule has 0 aromatic heterocycles. The topological polar surface area (TPSA) is 86.6 Å². The summed E-state index contributed by atoms with van der Waals surface area (Å²) in [5, 5.41) is 13.8. The van der Waals surface area contributed by atoms with E-state index in [9.17, 15) is 14.7 Å². The van der Waals surface area contributed by atoms with E-state index >= 15 is 0 Å². The van der Waals surface area contributed by atoms with Gasteiger partial charge in [-0.3, -0.25) is 9.59 Å². The van der Waals surface area contributed by atoms with Gasteiger partial charge >= 0.3 is 0 Å². The number of benzene rings is 2. The van der Waals surface area contributed by atoms with E-state index in [1.54, 1.807) is 23.1 Å². The normalized spacial score (nSPS) is 23.6. The predicted molar refractivity (Wildman–Crippen MR) is 134 cm³/mol. The molecule has 5 rings (SSSR count). The number of carbonyl (C=O) groups is 2. The van der Waals surface area contributed by atoms with Gasteiger partial charge in [0, 0.05) is 31.8 Å². The van der Waals surface area contributed by atoms with E-state index in [0.717, 1.165) is 35.7 Å². The monoisotopic (exact) mass is 491 g/mol. The molecule has 2 saturated heterocycles. The van der Waals surface area contributed by atoms with Crippen molar-refractivity contribution in [2.45, 2.75) is 25.5 Å². The van der Waals surface area contributed by atoms with Gasteiger partial charge in [0.25, 0.3) is 5.91 Å². The first-order chi connectivity index (χ1) is 17.3. The quantitative estimate of drug-likeness (QED) is 0.353. The minimum atomic E-state index is -0.711. The average Bonchev–Trinajstić information content (AvgIpc) is 3.38. The van der Waals surface area contributed by atoms with Crippen LogP contribution in [0.25, 0.3) is 5.76 Å². The standard InChI is InChI=1S/C28H33N3O5/c1-18-16-21-17-20(6-9-23(21)36-18)26(32)24-25(19-4-7-22(8-5-19)29(2)3)31(28(34)27(24)33)11-10-30-12-14-35-15-13-30/h4-9,17-18,25,32H,10-16H2,1-3H3. The fourth-order valence-electron chi connectivity index (χ4n) is 5.31. The molecule has 8 heteroatoms. The maximum absolute atomic E-state index is 13.8. The molecule has 3 aliphatic rings. The largest absolute Gasteiger partial charge is 0.872 e. The van der Waals surface area contributed by atoms with Crippen molar-refractivity contribution in [2.24, 2.45) is 0 Å². The highest BCUT2D eigenvalue weighted by atomic mass is 16.5. The van der Waals surface area contributed by atoms with Crippen LogP contribution < -0.4 is 19.6 Å². The maximum atomic E-state index is 13.8. The van der Waals surface area contributed by atoms with Gasteiger partial charge in [0.1, 0.15) is 24.9 Å². The number of fused-ring (bicyclic) bond motifs is 1. The maximum Gasteiger partial charge on any atom is 0.295 e. The number of nitrogens with zero attached hydrogens (tertiary/aromatic N) is 2. The molecule has 2 aromatic carbocycles. The molecule has 3 heterocycles. The molecule has 2 unspecified atom stereocenters. The molecular weight excluding hydrogens is 458 g/mol. The number of nitrogens with one attached hydrogen (secondary N) is 1. The van der Waals surface area contributed by atoms with Crippen LogP contribution in [0.15, 0.2) is 48.0 Å². The number of hydrogen-bond acceptors (Lipinski definition) is 6. The van der Waals surface area contributed by atoms with Crippen molar-refractivity contribution in [3.63, 3.8) is 0 Å². The molecule has 0 spiro atoms. The van der Waals surface area contributed by atoms with E-state index < -0.39 is 23.5 Å². The number of amides is 1. The van der Waals surface area contributed by atoms with Gasteiger partial charge in [-0.25, -0.2) is 0 Å². The second-order valence-corrected chi connectivity index (χ2v) is 10.0. The van der Waals surface area contributed by atoms with Crippen LogP contribution in [0.2, 0.25) is 0 Å². The number of ether oxygens (including phenoxy) is 2. The third-order valence-electron chi connectivity index (χ3n) is 7.32. The van der Waals surface area contributed by atoms with Crippen LogP contribution in [-0.2, 0) is 20.7 Å². The first-order valence-corrected chi connectivity index (χ1v) is 12.6. The number of carbonyl (C=O) groups excluding carboxylic acids is 2. The van der Waals surface area contributed by atoms with Crippen molar-refractivity contribution >= 4 is 23.1 Å². The second kappa shape index (κ2) is 9.95. The summed E-state index contributed by atoms with van der Waals surface area (Å²) in [5.74, 6) is -0.933. The summed E-state index contributed by atoms with van der Waals surface area (Å²) in [4.78, 5) is 31.5. The van der Waals surface area contributed by atoms with Crippen LogP contribution in [-0.4, -0.2) is 76.2 Å². The highest BCUT2D eigenvalue weighted by molar-refractivity contribution is 6.46. The summed E-state index contributed by atoms with van der Waals surface area (Å²) in [7, 11) is 3.91. The summed E-state index contributed by atoms with van der Waals surface area (Å²) < 4.78 is 11.2. The number of likely N-dealkylation sites (tertiary alicyclic amines) is 1. The van der Waals surface area contributed by atoms with Gasteiger partial charge in [-0.15, -0.1) is 0 Å². The van der Waals surface area contributed by atoms with Crippen molar-refractivity contribution in [3.8, 4) is 5.75 Å². The molecule has 0 bridgehead atoms. The molecule has 2 fully saturated rings. The molecule has 0 aliphatic carbocycles. The predicted octanol–water partition coefficient (Wildman–Crippen LogP) is 0.215. The molecule has 8 nitrogen and oxygen atoms in total. The lowest BCUT2D eigenvalue weighted by molar-refractivity contribution is -0.907. The summed E-state index contributed by atoms with van der Waals surface area (Å²) in [5.41, 5.74) is 3.16. The zero-order chi connectivity index (χ0) is 25.4. The minimum absolute atomic E-state index is 0.0292. The second-order valence-electron chi connectivity index (χ2n) is 10.0. The van der Waals surface area contributed by atoms with Gasteiger partial charge < -0.3 is 29.3 Å². The van der Waals surface area contributed by atoms with Crippen molar-refractivity contribution in [1.29, 1.82) is 0 Å². The van der Waals surface area contributed by atoms with Gasteiger partial charge in [-0.1, -0.05) is 24.0 Å². The SMILES string of the molecule is CC1Cc2cc(C([O-])=C3C(=O)C(=O)N(CC[NH+]4CCOCC4)C3c3ccc(N(C)C)cc3)ccc2O1. The van der Waals surface area contributed by atoms with Crippen LogP contribution in [0.3, 0.4) is 0 Å². The first kappa shape index (κ1) is 24.3. The van der Waals surface area contributed by atoms with Crippen molar-refractivity contribution in [2.75, 3.05) is 58.4 Å². The fraction of sp³-hybridized carbons (Fsp3) is 0.429. The Morgan fingerprint density at radius 2 is 1.83 bits per heavy atom. The molecule has 2 atom stereocenters. The Balaban J connectivity index is 1.53. The zero-order valence-corrected chi connectivity index (χ0v) is 21.1. The number of rotatable bonds is 6. The van der Waals surface area contributed by atoms with Crippen LogP contribution in [0.4, 0.5) is 5.69 Å². The minimum Gasteiger partial charge on any atom is -0.872 e. The lowest BCUT2D eigenvalue weighted by Gasteiger charge is -2.30. The molecule has 190 valence electrons. The van der Waals surface area contributed by atoms with Crippen molar-refractivity contribution < 1.29 is 29.1 Å². The van der Waals surface area contributed by atoms with Gasteiger partial charge in [-0.2, -0.15) is 0 Å². The summed E-state index contributed by atoms with van der Waals surface area (Å²) >= 11 is 0. The molecular formula is C28H33N3O5. The summed E-state index contributed by atoms with van der Waals surface area (Å²) in [6, 6.07) is 12.3. The van der Waals surface area contributed by atoms with Crippen molar-refractivity contribution in [1.82, 2.24) is 4.90 Å². The Morgan fingerprint density at radius 3 is 2.53 bits per heavy atom. The number of hydrogen-bond donors (Lipinski definition) is 1. The Kier molecular flexibility index (Phi) is 6.73. The molecule has 2 aromatic rings. The summed E-state index contributed by atoms with van der Waals surface area (Å²) in [6.07, 6.45) is 0.761. The number of Topliss-reactive ketones (excluding diaryl/α,β-unsaturated/α-hetero) is 1. The first-order valence-electron chi connectivity index (χ1n) is 12.6. The molecule has 1 amide bonds. The fourth-order valence-corrected chi connectivity index (χ4v) is 5.31. The third-order valence-corrected chi connectivity index (χ3v) is 7.32. The summed E-state index contributed by atoms with van der Waals surface area (Å²) in [6.45, 7) is 6.18. The Morgan fingerprint density at radius 1 is 1.11 bits per heavy atom. The Bertz CT molecular complexity index is 1180. The van der Waals surface area contributed by atoms with E-state index in [2.05, 4.69) is 0 Å². The van der Waals surface area contributed by atoms with E-state index in [4.69, 9.17) is 9.47 Å². The van der Waals surface area contributed by atoms with Crippen LogP contribution in [0, 0.1) is 0 Å². The Labute approximate surface area is 211 Å². The van der Waals surface area contributed by atoms with Gasteiger partial charge in [-0.05, 0) is 47.9 Å². The van der Waals surface area contributed by atoms with Crippen LogP contribution >= 0.6 is 0 Å². The van der Waals surface area contributed by atoms with E-state index in [0.29, 0.717) is 38.3 Å². The van der Waals surface area contributed by atoms with Gasteiger partial charge in [0.2, 0.25) is 5.78 Å². The third kappa shape index (κ3) is 4.58. The molecule has 0 radical (unpaired) electrons. The molecule has 0 saturated carbocycles. The number of anilines is 1. The van der Waals surface area contributed by atoms with E-state index in [1.165, 1.54) is 4.90 Å². The van der Waals surface area contributed by atoms with Gasteiger partial charge in [0.05, 0.1) is 32.3 Å². The number of morpholine rings is 1. The lowest BCUT2D eigenvalue weighted by atomic mass is 9.94. The van der Waals surface area contributed by atoms with Crippen LogP contribution in [0.1, 0.15) is 29.7 Å². The average molecular weight is 492 g/mol. The van der Waals surface area contributed by atoms with Crippen molar-refractivity contribution in [3.05, 3.63) is 64.7 Å². The highest BCUT2D eigenvalue weighted by Crippen LogP contribution is 2.40. The van der Waals surface area contributed by atoms with Crippen LogP contribution in [0.5, 0.6) is 5.75 Å². The highest BCUT2D eigenvalue weighted by Gasteiger charge is 2.44. The number of quaternary nitrogens is 1. The molecule has 36 heavy (non-hydrogen) atoms. The molecule has 3 aliphatic heterocycles. The van der Waals surface area contributed by atoms with Gasteiger partial charge in [0.15, 0.2) is 0 Å². The lowest BCUT2D eigenvalue weighted by Crippen LogP contribution is -3.14. The zero-order valence-electron chi connectivity index (χ0n) is 21.1. The van der Waals surface area contributed by atoms with E-state index in [1.807, 2.05) is 50.2 Å². The molecule has 1 N–H and O–H groups in total. The smallest absolute Gasteiger partial charge is 0.295 e. The van der Waals surface area contributed by atoms with E-state index in [-0.39, 0.29) is 11.7 Å². The number of ketones is 1. The Hall–Kier alpha value is -3.36.